The third-order valence-electron chi connectivity index (χ3n) is 6.20. The van der Waals surface area contributed by atoms with Crippen molar-refractivity contribution in [3.05, 3.63) is 83.9 Å². The van der Waals surface area contributed by atoms with E-state index in [1.807, 2.05) is 30.3 Å². The molecule has 3 aromatic carbocycles. The number of methoxy groups -OCH3 is 2. The van der Waals surface area contributed by atoms with Gasteiger partial charge in [-0.2, -0.15) is 0 Å². The standard InChI is InChI=1S/C28H29N3O5/c1-30(17-19-9-5-4-6-10-19)28(34)22-11-7-8-12-23(22)29-27(33)20-15-26(32)31(18-20)24-14-13-21(35-2)16-25(24)36-3/h4-14,16,20H,15,17-18H2,1-3H3,(H,29,33)/t20-/m0/s1. The number of nitrogens with zero attached hydrogens (tertiary/aromatic N) is 2. The molecule has 3 amide bonds. The van der Waals surface area contributed by atoms with Gasteiger partial charge in [0, 0.05) is 32.6 Å². The van der Waals surface area contributed by atoms with Crippen molar-refractivity contribution in [1.29, 1.82) is 0 Å². The molecule has 3 aromatic rings. The highest BCUT2D eigenvalue weighted by atomic mass is 16.5. The predicted molar refractivity (Wildman–Crippen MR) is 137 cm³/mol. The number of anilines is 2. The monoisotopic (exact) mass is 487 g/mol. The van der Waals surface area contributed by atoms with Gasteiger partial charge in [-0.1, -0.05) is 42.5 Å². The highest BCUT2D eigenvalue weighted by Crippen LogP contribution is 2.36. The van der Waals surface area contributed by atoms with Crippen LogP contribution in [0.15, 0.2) is 72.8 Å². The molecule has 0 spiro atoms. The van der Waals surface area contributed by atoms with E-state index in [2.05, 4.69) is 5.32 Å². The van der Waals surface area contributed by atoms with Crippen LogP contribution in [0.1, 0.15) is 22.3 Å². The molecular weight excluding hydrogens is 458 g/mol. The summed E-state index contributed by atoms with van der Waals surface area (Å²) in [7, 11) is 4.80. The summed E-state index contributed by atoms with van der Waals surface area (Å²) in [5, 5.41) is 2.87. The van der Waals surface area contributed by atoms with E-state index >= 15 is 0 Å². The van der Waals surface area contributed by atoms with Crippen LogP contribution in [-0.2, 0) is 16.1 Å². The maximum Gasteiger partial charge on any atom is 0.256 e. The number of hydrogen-bond acceptors (Lipinski definition) is 5. The maximum absolute atomic E-state index is 13.2. The zero-order valence-corrected chi connectivity index (χ0v) is 20.6. The topological polar surface area (TPSA) is 88.2 Å². The van der Waals surface area contributed by atoms with Gasteiger partial charge >= 0.3 is 0 Å². The second kappa shape index (κ2) is 10.9. The predicted octanol–water partition coefficient (Wildman–Crippen LogP) is 3.97. The lowest BCUT2D eigenvalue weighted by molar-refractivity contribution is -0.122. The van der Waals surface area contributed by atoms with Gasteiger partial charge in [0.15, 0.2) is 0 Å². The third-order valence-corrected chi connectivity index (χ3v) is 6.20. The van der Waals surface area contributed by atoms with Crippen molar-refractivity contribution in [1.82, 2.24) is 4.90 Å². The average Bonchev–Trinajstić information content (AvgIpc) is 3.30. The Bertz CT molecular complexity index is 1260. The number of benzene rings is 3. The molecule has 0 saturated carbocycles. The zero-order valence-electron chi connectivity index (χ0n) is 20.6. The van der Waals surface area contributed by atoms with Crippen LogP contribution >= 0.6 is 0 Å². The molecule has 0 unspecified atom stereocenters. The minimum Gasteiger partial charge on any atom is -0.497 e. The molecule has 36 heavy (non-hydrogen) atoms. The molecule has 1 N–H and O–H groups in total. The van der Waals surface area contributed by atoms with Crippen LogP contribution in [0.5, 0.6) is 11.5 Å². The Labute approximate surface area is 210 Å². The van der Waals surface area contributed by atoms with Crippen molar-refractivity contribution < 1.29 is 23.9 Å². The van der Waals surface area contributed by atoms with Gasteiger partial charge in [-0.15, -0.1) is 0 Å². The lowest BCUT2D eigenvalue weighted by Crippen LogP contribution is -2.30. The fourth-order valence-electron chi connectivity index (χ4n) is 4.27. The van der Waals surface area contributed by atoms with Crippen LogP contribution in [0, 0.1) is 5.92 Å². The minimum atomic E-state index is -0.575. The normalized spacial score (nSPS) is 14.9. The van der Waals surface area contributed by atoms with Crippen molar-refractivity contribution in [2.75, 3.05) is 38.0 Å². The Morgan fingerprint density at radius 3 is 2.44 bits per heavy atom. The molecule has 0 radical (unpaired) electrons. The second-order valence-electron chi connectivity index (χ2n) is 8.62. The number of carbonyl (C=O) groups excluding carboxylic acids is 3. The summed E-state index contributed by atoms with van der Waals surface area (Å²) in [6, 6.07) is 21.8. The average molecular weight is 488 g/mol. The van der Waals surface area contributed by atoms with E-state index < -0.39 is 5.92 Å². The van der Waals surface area contributed by atoms with Crippen molar-refractivity contribution >= 4 is 29.1 Å². The van der Waals surface area contributed by atoms with E-state index in [1.54, 1.807) is 66.4 Å². The van der Waals surface area contributed by atoms with E-state index in [9.17, 15) is 14.4 Å². The van der Waals surface area contributed by atoms with E-state index in [4.69, 9.17) is 9.47 Å². The van der Waals surface area contributed by atoms with Gasteiger partial charge in [0.1, 0.15) is 11.5 Å². The molecule has 8 nitrogen and oxygen atoms in total. The fourth-order valence-corrected chi connectivity index (χ4v) is 4.27. The first-order chi connectivity index (χ1) is 17.4. The summed E-state index contributed by atoms with van der Waals surface area (Å²) in [5.74, 6) is -0.178. The molecule has 1 atom stereocenters. The number of hydrogen-bond donors (Lipinski definition) is 1. The van der Waals surface area contributed by atoms with Crippen LogP contribution in [0.25, 0.3) is 0 Å². The maximum atomic E-state index is 13.2. The number of amides is 3. The number of para-hydroxylation sites is 1. The summed E-state index contributed by atoms with van der Waals surface area (Å²) in [5.41, 5.74) is 2.40. The Hall–Kier alpha value is -4.33. The molecule has 1 aliphatic heterocycles. The van der Waals surface area contributed by atoms with Gasteiger partial charge in [0.05, 0.1) is 37.1 Å². The highest BCUT2D eigenvalue weighted by molar-refractivity contribution is 6.07. The molecule has 8 heteroatoms. The highest BCUT2D eigenvalue weighted by Gasteiger charge is 2.36. The molecule has 1 aliphatic rings. The molecule has 0 aromatic heterocycles. The van der Waals surface area contributed by atoms with Crippen molar-refractivity contribution in [2.24, 2.45) is 5.92 Å². The van der Waals surface area contributed by atoms with E-state index in [0.717, 1.165) is 5.56 Å². The van der Waals surface area contributed by atoms with Crippen molar-refractivity contribution in [2.45, 2.75) is 13.0 Å². The molecule has 186 valence electrons. The quantitative estimate of drug-likeness (QED) is 0.520. The largest absolute Gasteiger partial charge is 0.497 e. The molecule has 1 heterocycles. The summed E-state index contributed by atoms with van der Waals surface area (Å²) in [4.78, 5) is 42.3. The van der Waals surface area contributed by atoms with Gasteiger partial charge in [-0.25, -0.2) is 0 Å². The molecule has 1 saturated heterocycles. The van der Waals surface area contributed by atoms with Crippen LogP contribution in [0.4, 0.5) is 11.4 Å². The Kier molecular flexibility index (Phi) is 7.53. The number of nitrogens with one attached hydrogen (secondary N) is 1. The van der Waals surface area contributed by atoms with E-state index in [1.165, 1.54) is 7.11 Å². The van der Waals surface area contributed by atoms with E-state index in [0.29, 0.717) is 35.0 Å². The fraction of sp³-hybridized carbons (Fsp3) is 0.250. The SMILES string of the molecule is COc1ccc(N2C[C@@H](C(=O)Nc3ccccc3C(=O)N(C)Cc3ccccc3)CC2=O)c(OC)c1. The first-order valence-corrected chi connectivity index (χ1v) is 11.6. The molecular formula is C28H29N3O5. The third kappa shape index (κ3) is 5.33. The van der Waals surface area contributed by atoms with Crippen LogP contribution in [-0.4, -0.2) is 50.4 Å². The summed E-state index contributed by atoms with van der Waals surface area (Å²) in [6.45, 7) is 0.648. The first kappa shape index (κ1) is 24.8. The van der Waals surface area contributed by atoms with E-state index in [-0.39, 0.29) is 30.7 Å². The number of rotatable bonds is 8. The summed E-state index contributed by atoms with van der Waals surface area (Å²) in [6.07, 6.45) is 0.0606. The Morgan fingerprint density at radius 2 is 1.72 bits per heavy atom. The Morgan fingerprint density at radius 1 is 1.00 bits per heavy atom. The van der Waals surface area contributed by atoms with Gasteiger partial charge in [0.2, 0.25) is 11.8 Å². The lowest BCUT2D eigenvalue weighted by Gasteiger charge is -2.21. The summed E-state index contributed by atoms with van der Waals surface area (Å²) >= 11 is 0. The first-order valence-electron chi connectivity index (χ1n) is 11.6. The van der Waals surface area contributed by atoms with Gasteiger partial charge < -0.3 is 24.6 Å². The van der Waals surface area contributed by atoms with Gasteiger partial charge in [-0.05, 0) is 29.8 Å². The molecule has 0 bridgehead atoms. The van der Waals surface area contributed by atoms with Crippen LogP contribution in [0.3, 0.4) is 0 Å². The summed E-state index contributed by atoms with van der Waals surface area (Å²) < 4.78 is 10.7. The number of ether oxygens (including phenoxy) is 2. The molecule has 1 fully saturated rings. The van der Waals surface area contributed by atoms with Crippen molar-refractivity contribution in [3.63, 3.8) is 0 Å². The zero-order chi connectivity index (χ0) is 25.7. The van der Waals surface area contributed by atoms with Gasteiger partial charge in [0.25, 0.3) is 5.91 Å². The minimum absolute atomic E-state index is 0.0606. The molecule has 4 rings (SSSR count). The molecule has 0 aliphatic carbocycles. The number of carbonyl (C=O) groups is 3. The van der Waals surface area contributed by atoms with Gasteiger partial charge in [-0.3, -0.25) is 14.4 Å². The van der Waals surface area contributed by atoms with Crippen LogP contribution < -0.4 is 19.7 Å². The lowest BCUT2D eigenvalue weighted by atomic mass is 10.1. The van der Waals surface area contributed by atoms with Crippen LogP contribution in [0.2, 0.25) is 0 Å². The van der Waals surface area contributed by atoms with Crippen molar-refractivity contribution in [3.8, 4) is 11.5 Å². The second-order valence-corrected chi connectivity index (χ2v) is 8.62. The Balaban J connectivity index is 1.47. The smallest absolute Gasteiger partial charge is 0.256 e.